The number of imidazole rings is 1. The molecule has 1 heterocycles. The predicted octanol–water partition coefficient (Wildman–Crippen LogP) is 3.94. The number of hydrogen-bond acceptors (Lipinski definition) is 2. The van der Waals surface area contributed by atoms with Crippen molar-refractivity contribution >= 4 is 16.9 Å². The van der Waals surface area contributed by atoms with Crippen molar-refractivity contribution in [1.82, 2.24) is 14.9 Å². The van der Waals surface area contributed by atoms with Crippen molar-refractivity contribution in [3.05, 3.63) is 30.1 Å². The molecule has 4 heteroatoms. The molecule has 0 bridgehead atoms. The summed E-state index contributed by atoms with van der Waals surface area (Å²) in [4.78, 5) is 16.6. The minimum Gasteiger partial charge on any atom is -0.349 e. The third kappa shape index (κ3) is 4.12. The number of amides is 1. The van der Waals surface area contributed by atoms with Gasteiger partial charge in [0, 0.05) is 13.5 Å². The fourth-order valence-corrected chi connectivity index (χ4v) is 3.65. The Labute approximate surface area is 138 Å². The first kappa shape index (κ1) is 16.0. The van der Waals surface area contributed by atoms with E-state index in [-0.39, 0.29) is 5.91 Å². The Kier molecular flexibility index (Phi) is 5.31. The van der Waals surface area contributed by atoms with Crippen molar-refractivity contribution in [2.45, 2.75) is 57.9 Å². The van der Waals surface area contributed by atoms with Crippen LogP contribution in [-0.4, -0.2) is 15.5 Å². The van der Waals surface area contributed by atoms with E-state index >= 15 is 0 Å². The minimum atomic E-state index is 0.146. The van der Waals surface area contributed by atoms with Gasteiger partial charge in [0.1, 0.15) is 5.82 Å². The van der Waals surface area contributed by atoms with Gasteiger partial charge in [-0.3, -0.25) is 4.79 Å². The van der Waals surface area contributed by atoms with Crippen LogP contribution in [0.3, 0.4) is 0 Å². The highest BCUT2D eigenvalue weighted by atomic mass is 16.1. The molecule has 1 amide bonds. The Morgan fingerprint density at radius 3 is 2.83 bits per heavy atom. The highest BCUT2D eigenvalue weighted by Crippen LogP contribution is 2.27. The Hall–Kier alpha value is -1.84. The largest absolute Gasteiger partial charge is 0.349 e. The van der Waals surface area contributed by atoms with Crippen molar-refractivity contribution in [1.29, 1.82) is 0 Å². The molecular formula is C19H27N3O. The van der Waals surface area contributed by atoms with Crippen molar-refractivity contribution in [2.24, 2.45) is 13.0 Å². The van der Waals surface area contributed by atoms with Crippen LogP contribution >= 0.6 is 0 Å². The molecule has 1 aliphatic carbocycles. The summed E-state index contributed by atoms with van der Waals surface area (Å²) < 4.78 is 2.05. The van der Waals surface area contributed by atoms with E-state index < -0.39 is 0 Å². The Morgan fingerprint density at radius 2 is 2.04 bits per heavy atom. The second-order valence-corrected chi connectivity index (χ2v) is 6.75. The van der Waals surface area contributed by atoms with Gasteiger partial charge in [-0.1, -0.05) is 44.2 Å². The standard InChI is InChI=1S/C19H27N3O/c1-22-17-12-6-5-11-16(17)21-18(22)14-20-19(23)13-7-10-15-8-3-2-4-9-15/h5-6,11-12,15H,2-4,7-10,13-14H2,1H3,(H,20,23). The van der Waals surface area contributed by atoms with Crippen LogP contribution in [0.15, 0.2) is 24.3 Å². The van der Waals surface area contributed by atoms with E-state index in [2.05, 4.69) is 20.9 Å². The highest BCUT2D eigenvalue weighted by molar-refractivity contribution is 5.77. The Morgan fingerprint density at radius 1 is 1.26 bits per heavy atom. The van der Waals surface area contributed by atoms with Gasteiger partial charge in [0.05, 0.1) is 17.6 Å². The molecule has 0 saturated heterocycles. The second-order valence-electron chi connectivity index (χ2n) is 6.75. The molecule has 1 N–H and O–H groups in total. The van der Waals surface area contributed by atoms with E-state index in [0.717, 1.165) is 29.2 Å². The predicted molar refractivity (Wildman–Crippen MR) is 93.0 cm³/mol. The number of benzene rings is 1. The second kappa shape index (κ2) is 7.62. The molecule has 0 atom stereocenters. The van der Waals surface area contributed by atoms with Crippen LogP contribution in [0.2, 0.25) is 0 Å². The van der Waals surface area contributed by atoms with E-state index in [4.69, 9.17) is 0 Å². The molecule has 2 aromatic rings. The highest BCUT2D eigenvalue weighted by Gasteiger charge is 2.14. The van der Waals surface area contributed by atoms with E-state index in [1.807, 2.05) is 25.2 Å². The van der Waals surface area contributed by atoms with Crippen molar-refractivity contribution < 1.29 is 4.79 Å². The lowest BCUT2D eigenvalue weighted by molar-refractivity contribution is -0.121. The topological polar surface area (TPSA) is 46.9 Å². The number of fused-ring (bicyclic) bond motifs is 1. The van der Waals surface area contributed by atoms with Gasteiger partial charge in [-0.15, -0.1) is 0 Å². The molecule has 1 aromatic carbocycles. The van der Waals surface area contributed by atoms with Gasteiger partial charge in [-0.2, -0.15) is 0 Å². The zero-order chi connectivity index (χ0) is 16.1. The number of nitrogens with zero attached hydrogens (tertiary/aromatic N) is 2. The molecule has 1 saturated carbocycles. The van der Waals surface area contributed by atoms with Crippen LogP contribution in [0.25, 0.3) is 11.0 Å². The summed E-state index contributed by atoms with van der Waals surface area (Å²) in [5, 5.41) is 3.02. The third-order valence-corrected chi connectivity index (χ3v) is 5.06. The van der Waals surface area contributed by atoms with Gasteiger partial charge in [-0.05, 0) is 30.9 Å². The SMILES string of the molecule is Cn1c(CNC(=O)CCCC2CCCCC2)nc2ccccc21. The molecule has 1 aliphatic rings. The van der Waals surface area contributed by atoms with Crippen LogP contribution in [0.1, 0.15) is 57.2 Å². The molecular weight excluding hydrogens is 286 g/mol. The summed E-state index contributed by atoms with van der Waals surface area (Å²) >= 11 is 0. The molecule has 0 unspecified atom stereocenters. The Bertz CT molecular complexity index is 656. The lowest BCUT2D eigenvalue weighted by Crippen LogP contribution is -2.24. The molecule has 4 nitrogen and oxygen atoms in total. The minimum absolute atomic E-state index is 0.146. The number of rotatable bonds is 6. The van der Waals surface area contributed by atoms with Gasteiger partial charge in [0.2, 0.25) is 5.91 Å². The van der Waals surface area contributed by atoms with Crippen molar-refractivity contribution in [3.63, 3.8) is 0 Å². The number of carbonyl (C=O) groups is 1. The maximum Gasteiger partial charge on any atom is 0.220 e. The average Bonchev–Trinajstić information content (AvgIpc) is 2.90. The lowest BCUT2D eigenvalue weighted by Gasteiger charge is -2.21. The number of carbonyl (C=O) groups excluding carboxylic acids is 1. The fraction of sp³-hybridized carbons (Fsp3) is 0.579. The first-order chi connectivity index (χ1) is 11.2. The van der Waals surface area contributed by atoms with E-state index in [1.165, 1.54) is 38.5 Å². The number of hydrogen-bond donors (Lipinski definition) is 1. The van der Waals surface area contributed by atoms with Crippen LogP contribution in [-0.2, 0) is 18.4 Å². The molecule has 0 spiro atoms. The monoisotopic (exact) mass is 313 g/mol. The number of para-hydroxylation sites is 2. The summed E-state index contributed by atoms with van der Waals surface area (Å²) in [5.74, 6) is 1.91. The van der Waals surface area contributed by atoms with Crippen molar-refractivity contribution in [2.75, 3.05) is 0 Å². The number of nitrogens with one attached hydrogen (secondary N) is 1. The van der Waals surface area contributed by atoms with Crippen LogP contribution in [0, 0.1) is 5.92 Å². The quantitative estimate of drug-likeness (QED) is 0.878. The fourth-order valence-electron chi connectivity index (χ4n) is 3.65. The normalized spacial score (nSPS) is 15.9. The summed E-state index contributed by atoms with van der Waals surface area (Å²) in [6.45, 7) is 0.507. The third-order valence-electron chi connectivity index (χ3n) is 5.06. The first-order valence-electron chi connectivity index (χ1n) is 8.91. The van der Waals surface area contributed by atoms with Crippen LogP contribution < -0.4 is 5.32 Å². The summed E-state index contributed by atoms with van der Waals surface area (Å²) in [6.07, 6.45) is 9.74. The van der Waals surface area contributed by atoms with Crippen molar-refractivity contribution in [3.8, 4) is 0 Å². The first-order valence-corrected chi connectivity index (χ1v) is 8.91. The van der Waals surface area contributed by atoms with Gasteiger partial charge in [0.15, 0.2) is 0 Å². The van der Waals surface area contributed by atoms with Gasteiger partial charge < -0.3 is 9.88 Å². The maximum atomic E-state index is 12.0. The number of aromatic nitrogens is 2. The van der Waals surface area contributed by atoms with Crippen LogP contribution in [0.4, 0.5) is 0 Å². The molecule has 1 aromatic heterocycles. The van der Waals surface area contributed by atoms with Gasteiger partial charge >= 0.3 is 0 Å². The van der Waals surface area contributed by atoms with E-state index in [1.54, 1.807) is 0 Å². The van der Waals surface area contributed by atoms with Gasteiger partial charge in [0.25, 0.3) is 0 Å². The lowest BCUT2D eigenvalue weighted by atomic mass is 9.86. The van der Waals surface area contributed by atoms with Gasteiger partial charge in [-0.25, -0.2) is 4.98 Å². The Balaban J connectivity index is 1.43. The van der Waals surface area contributed by atoms with E-state index in [0.29, 0.717) is 13.0 Å². The van der Waals surface area contributed by atoms with Crippen LogP contribution in [0.5, 0.6) is 0 Å². The zero-order valence-corrected chi connectivity index (χ0v) is 14.1. The average molecular weight is 313 g/mol. The summed E-state index contributed by atoms with van der Waals surface area (Å²) in [6, 6.07) is 8.06. The molecule has 1 fully saturated rings. The molecule has 0 aliphatic heterocycles. The smallest absolute Gasteiger partial charge is 0.220 e. The molecule has 124 valence electrons. The molecule has 0 radical (unpaired) electrons. The number of aryl methyl sites for hydroxylation is 1. The zero-order valence-electron chi connectivity index (χ0n) is 14.1. The summed E-state index contributed by atoms with van der Waals surface area (Å²) in [7, 11) is 2.00. The summed E-state index contributed by atoms with van der Waals surface area (Å²) in [5.41, 5.74) is 2.09. The molecule has 23 heavy (non-hydrogen) atoms. The molecule has 3 rings (SSSR count). The maximum absolute atomic E-state index is 12.0. The van der Waals surface area contributed by atoms with E-state index in [9.17, 15) is 4.79 Å².